The van der Waals surface area contributed by atoms with Crippen LogP contribution < -0.4 is 5.32 Å². The summed E-state index contributed by atoms with van der Waals surface area (Å²) in [6, 6.07) is 2.13. The van der Waals surface area contributed by atoms with Gasteiger partial charge in [0.25, 0.3) is 0 Å². The second-order valence-corrected chi connectivity index (χ2v) is 3.72. The number of nitrogens with one attached hydrogen (secondary N) is 1. The highest BCUT2D eigenvalue weighted by molar-refractivity contribution is 5.81. The predicted octanol–water partition coefficient (Wildman–Crippen LogP) is 1.33. The van der Waals surface area contributed by atoms with Gasteiger partial charge < -0.3 is 5.32 Å². The maximum Gasteiger partial charge on any atom is 0.225 e. The Morgan fingerprint density at radius 1 is 1.58 bits per heavy atom. The standard InChI is InChI=1S/C9H12N2O/c1-6-7(5-10)9(2,3)4-8(12)11-6/h4H2,1-3H3,(H,11,12). The molecule has 1 aliphatic heterocycles. The van der Waals surface area contributed by atoms with E-state index in [9.17, 15) is 4.79 Å². The van der Waals surface area contributed by atoms with Gasteiger partial charge in [-0.1, -0.05) is 13.8 Å². The Morgan fingerprint density at radius 2 is 2.17 bits per heavy atom. The van der Waals surface area contributed by atoms with Crippen LogP contribution in [0.2, 0.25) is 0 Å². The minimum Gasteiger partial charge on any atom is -0.329 e. The van der Waals surface area contributed by atoms with Gasteiger partial charge in [-0.3, -0.25) is 4.79 Å². The molecule has 0 saturated heterocycles. The second-order valence-electron chi connectivity index (χ2n) is 3.72. The van der Waals surface area contributed by atoms with E-state index in [2.05, 4.69) is 11.4 Å². The summed E-state index contributed by atoms with van der Waals surface area (Å²) in [7, 11) is 0. The van der Waals surface area contributed by atoms with Crippen LogP contribution in [-0.4, -0.2) is 5.91 Å². The number of hydrogen-bond donors (Lipinski definition) is 1. The average Bonchev–Trinajstić information content (AvgIpc) is 1.82. The van der Waals surface area contributed by atoms with Crippen molar-refractivity contribution in [1.82, 2.24) is 5.32 Å². The highest BCUT2D eigenvalue weighted by Gasteiger charge is 2.32. The molecule has 1 aliphatic rings. The van der Waals surface area contributed by atoms with Gasteiger partial charge in [0, 0.05) is 17.5 Å². The highest BCUT2D eigenvalue weighted by Crippen LogP contribution is 2.34. The zero-order chi connectivity index (χ0) is 9.35. The molecule has 0 atom stereocenters. The Morgan fingerprint density at radius 3 is 2.58 bits per heavy atom. The van der Waals surface area contributed by atoms with E-state index in [0.29, 0.717) is 17.7 Å². The number of carbonyl (C=O) groups excluding carboxylic acids is 1. The van der Waals surface area contributed by atoms with Crippen molar-refractivity contribution < 1.29 is 4.79 Å². The molecule has 0 fully saturated rings. The molecule has 3 nitrogen and oxygen atoms in total. The first-order valence-corrected chi connectivity index (χ1v) is 3.88. The lowest BCUT2D eigenvalue weighted by molar-refractivity contribution is -0.122. The Hall–Kier alpha value is -1.30. The molecule has 0 aromatic rings. The molecule has 0 aliphatic carbocycles. The molecule has 1 heterocycles. The molecule has 3 heteroatoms. The number of nitrogens with zero attached hydrogens (tertiary/aromatic N) is 1. The number of hydrogen-bond acceptors (Lipinski definition) is 2. The van der Waals surface area contributed by atoms with Crippen molar-refractivity contribution in [3.05, 3.63) is 11.3 Å². The van der Waals surface area contributed by atoms with E-state index in [1.165, 1.54) is 0 Å². The summed E-state index contributed by atoms with van der Waals surface area (Å²) < 4.78 is 0. The number of nitriles is 1. The lowest BCUT2D eigenvalue weighted by atomic mass is 9.78. The van der Waals surface area contributed by atoms with Gasteiger partial charge in [-0.25, -0.2) is 0 Å². The van der Waals surface area contributed by atoms with Gasteiger partial charge in [0.15, 0.2) is 0 Å². The van der Waals surface area contributed by atoms with Crippen molar-refractivity contribution in [3.63, 3.8) is 0 Å². The van der Waals surface area contributed by atoms with E-state index in [4.69, 9.17) is 5.26 Å². The molecule has 0 bridgehead atoms. The lowest BCUT2D eigenvalue weighted by Gasteiger charge is -2.29. The van der Waals surface area contributed by atoms with Crippen LogP contribution in [0.1, 0.15) is 27.2 Å². The van der Waals surface area contributed by atoms with Crippen LogP contribution in [-0.2, 0) is 4.79 Å². The predicted molar refractivity (Wildman–Crippen MR) is 44.9 cm³/mol. The monoisotopic (exact) mass is 164 g/mol. The summed E-state index contributed by atoms with van der Waals surface area (Å²) in [5, 5.41) is 11.5. The van der Waals surface area contributed by atoms with E-state index >= 15 is 0 Å². The summed E-state index contributed by atoms with van der Waals surface area (Å²) in [5.41, 5.74) is 1.07. The third-order valence-electron chi connectivity index (χ3n) is 2.09. The highest BCUT2D eigenvalue weighted by atomic mass is 16.1. The van der Waals surface area contributed by atoms with Gasteiger partial charge in [0.05, 0.1) is 11.6 Å². The Balaban J connectivity index is 3.14. The lowest BCUT2D eigenvalue weighted by Crippen LogP contribution is -2.36. The molecule has 0 saturated carbocycles. The molecule has 1 amide bonds. The van der Waals surface area contributed by atoms with Crippen molar-refractivity contribution in [2.75, 3.05) is 0 Å². The van der Waals surface area contributed by atoms with Crippen molar-refractivity contribution in [2.45, 2.75) is 27.2 Å². The molecule has 0 unspecified atom stereocenters. The maximum absolute atomic E-state index is 11.1. The van der Waals surface area contributed by atoms with E-state index in [-0.39, 0.29) is 11.3 Å². The molecule has 0 radical (unpaired) electrons. The van der Waals surface area contributed by atoms with E-state index in [0.717, 1.165) is 0 Å². The fourth-order valence-electron chi connectivity index (χ4n) is 1.55. The Labute approximate surface area is 72.1 Å². The molecular weight excluding hydrogens is 152 g/mol. The van der Waals surface area contributed by atoms with E-state index in [1.54, 1.807) is 6.92 Å². The van der Waals surface area contributed by atoms with Gasteiger partial charge >= 0.3 is 0 Å². The molecule has 1 N–H and O–H groups in total. The summed E-state index contributed by atoms with van der Waals surface area (Å²) in [6.45, 7) is 5.58. The first-order chi connectivity index (χ1) is 5.47. The van der Waals surface area contributed by atoms with Crippen LogP contribution in [0.3, 0.4) is 0 Å². The molecular formula is C9H12N2O. The molecule has 12 heavy (non-hydrogen) atoms. The Bertz CT molecular complexity index is 294. The first-order valence-electron chi connectivity index (χ1n) is 3.88. The third-order valence-corrected chi connectivity index (χ3v) is 2.09. The van der Waals surface area contributed by atoms with Crippen LogP contribution in [0.5, 0.6) is 0 Å². The normalized spacial score (nSPS) is 21.7. The van der Waals surface area contributed by atoms with Gasteiger partial charge in [0.2, 0.25) is 5.91 Å². The van der Waals surface area contributed by atoms with Crippen molar-refractivity contribution in [1.29, 1.82) is 5.26 Å². The number of amides is 1. The SMILES string of the molecule is CC1=C(C#N)C(C)(C)CC(=O)N1. The van der Waals surface area contributed by atoms with Gasteiger partial charge in [-0.05, 0) is 6.92 Å². The van der Waals surface area contributed by atoms with Crippen LogP contribution in [0.25, 0.3) is 0 Å². The summed E-state index contributed by atoms with van der Waals surface area (Å²) in [4.78, 5) is 11.1. The van der Waals surface area contributed by atoms with Gasteiger partial charge in [-0.2, -0.15) is 5.26 Å². The van der Waals surface area contributed by atoms with Crippen molar-refractivity contribution in [3.8, 4) is 6.07 Å². The fourth-order valence-corrected chi connectivity index (χ4v) is 1.55. The Kier molecular flexibility index (Phi) is 1.93. The van der Waals surface area contributed by atoms with Gasteiger partial charge in [-0.15, -0.1) is 0 Å². The maximum atomic E-state index is 11.1. The average molecular weight is 164 g/mol. The zero-order valence-corrected chi connectivity index (χ0v) is 7.56. The van der Waals surface area contributed by atoms with Crippen LogP contribution in [0.4, 0.5) is 0 Å². The summed E-state index contributed by atoms with van der Waals surface area (Å²) >= 11 is 0. The minimum absolute atomic E-state index is 0.00324. The topological polar surface area (TPSA) is 52.9 Å². The molecule has 0 aromatic carbocycles. The van der Waals surface area contributed by atoms with E-state index < -0.39 is 0 Å². The first kappa shape index (κ1) is 8.79. The number of rotatable bonds is 0. The van der Waals surface area contributed by atoms with Crippen molar-refractivity contribution >= 4 is 5.91 Å². The van der Waals surface area contributed by atoms with E-state index in [1.807, 2.05) is 13.8 Å². The fraction of sp³-hybridized carbons (Fsp3) is 0.556. The van der Waals surface area contributed by atoms with Crippen LogP contribution >= 0.6 is 0 Å². The number of carbonyl (C=O) groups is 1. The summed E-state index contributed by atoms with van der Waals surface area (Å²) in [6.07, 6.45) is 0.396. The quantitative estimate of drug-likeness (QED) is 0.587. The molecule has 0 aromatic heterocycles. The minimum atomic E-state index is -0.304. The summed E-state index contributed by atoms with van der Waals surface area (Å²) in [5.74, 6) is -0.00324. The molecule has 64 valence electrons. The van der Waals surface area contributed by atoms with Crippen LogP contribution in [0.15, 0.2) is 11.3 Å². The van der Waals surface area contributed by atoms with Crippen molar-refractivity contribution in [2.24, 2.45) is 5.41 Å². The van der Waals surface area contributed by atoms with Crippen LogP contribution in [0, 0.1) is 16.7 Å². The van der Waals surface area contributed by atoms with Gasteiger partial charge in [0.1, 0.15) is 0 Å². The third kappa shape index (κ3) is 1.33. The molecule has 0 spiro atoms. The second kappa shape index (κ2) is 2.63. The number of allylic oxidation sites excluding steroid dienone is 2. The smallest absolute Gasteiger partial charge is 0.225 e. The largest absolute Gasteiger partial charge is 0.329 e. The zero-order valence-electron chi connectivity index (χ0n) is 7.56. The molecule has 1 rings (SSSR count).